The van der Waals surface area contributed by atoms with Gasteiger partial charge in [-0.2, -0.15) is 0 Å². The zero-order valence-electron chi connectivity index (χ0n) is 10.1. The quantitative estimate of drug-likeness (QED) is 0.791. The summed E-state index contributed by atoms with van der Waals surface area (Å²) in [6, 6.07) is 4.13. The Morgan fingerprint density at radius 2 is 2.22 bits per heavy atom. The normalized spacial score (nSPS) is 14.1. The fourth-order valence-electron chi connectivity index (χ4n) is 1.59. The highest BCUT2D eigenvalue weighted by molar-refractivity contribution is 9.11. The minimum atomic E-state index is 0. The van der Waals surface area contributed by atoms with Gasteiger partial charge in [0, 0.05) is 11.4 Å². The summed E-state index contributed by atoms with van der Waals surface area (Å²) in [5, 5.41) is 6.11. The lowest BCUT2D eigenvalue weighted by Gasteiger charge is -2.05. The molecule has 1 aromatic heterocycles. The van der Waals surface area contributed by atoms with Gasteiger partial charge in [-0.05, 0) is 59.8 Å². The minimum absolute atomic E-state index is 0. The average molecular weight is 354 g/mol. The van der Waals surface area contributed by atoms with Gasteiger partial charge in [0.25, 0.3) is 0 Å². The third-order valence-corrected chi connectivity index (χ3v) is 4.42. The number of carbonyl (C=O) groups is 1. The monoisotopic (exact) mass is 352 g/mol. The van der Waals surface area contributed by atoms with E-state index in [1.807, 2.05) is 6.07 Å². The maximum atomic E-state index is 11.5. The average Bonchev–Trinajstić information content (AvgIpc) is 3.02. The molecule has 0 aliphatic heterocycles. The Kier molecular flexibility index (Phi) is 7.22. The van der Waals surface area contributed by atoms with Gasteiger partial charge < -0.3 is 10.6 Å². The van der Waals surface area contributed by atoms with Crippen LogP contribution in [0.5, 0.6) is 0 Å². The Morgan fingerprint density at radius 1 is 1.44 bits per heavy atom. The van der Waals surface area contributed by atoms with Crippen LogP contribution in [0.15, 0.2) is 15.9 Å². The molecule has 1 fully saturated rings. The van der Waals surface area contributed by atoms with Gasteiger partial charge in [-0.15, -0.1) is 23.7 Å². The van der Waals surface area contributed by atoms with Gasteiger partial charge >= 0.3 is 0 Å². The molecule has 0 aromatic carbocycles. The molecule has 1 saturated carbocycles. The maximum absolute atomic E-state index is 11.5. The molecule has 1 amide bonds. The highest BCUT2D eigenvalue weighted by atomic mass is 79.9. The van der Waals surface area contributed by atoms with E-state index in [9.17, 15) is 4.79 Å². The van der Waals surface area contributed by atoms with Crippen LogP contribution in [0.3, 0.4) is 0 Å². The molecule has 1 heterocycles. The Balaban J connectivity index is 0.00000162. The number of halogens is 2. The summed E-state index contributed by atoms with van der Waals surface area (Å²) < 4.78 is 1.14. The molecule has 1 aliphatic carbocycles. The first-order valence-corrected chi connectivity index (χ1v) is 7.56. The number of rotatable bonds is 7. The molecule has 0 radical (unpaired) electrons. The summed E-state index contributed by atoms with van der Waals surface area (Å²) >= 11 is 5.15. The van der Waals surface area contributed by atoms with E-state index in [4.69, 9.17) is 0 Å². The fraction of sp³-hybridized carbons (Fsp3) is 0.583. The van der Waals surface area contributed by atoms with Crippen molar-refractivity contribution in [2.75, 3.05) is 19.6 Å². The highest BCUT2D eigenvalue weighted by Gasteiger charge is 2.20. The number of nitrogens with one attached hydrogen (secondary N) is 2. The van der Waals surface area contributed by atoms with Gasteiger partial charge in [0.15, 0.2) is 0 Å². The van der Waals surface area contributed by atoms with Crippen LogP contribution in [-0.2, 0) is 11.2 Å². The van der Waals surface area contributed by atoms with Crippen molar-refractivity contribution in [3.63, 3.8) is 0 Å². The van der Waals surface area contributed by atoms with Gasteiger partial charge in [-0.3, -0.25) is 4.79 Å². The summed E-state index contributed by atoms with van der Waals surface area (Å²) in [6.45, 7) is 2.16. The van der Waals surface area contributed by atoms with Crippen LogP contribution in [0.2, 0.25) is 0 Å². The van der Waals surface area contributed by atoms with Crippen LogP contribution >= 0.6 is 39.7 Å². The van der Waals surface area contributed by atoms with Gasteiger partial charge in [0.2, 0.25) is 5.91 Å². The summed E-state index contributed by atoms with van der Waals surface area (Å²) in [5.74, 6) is 0.924. The Morgan fingerprint density at radius 3 is 2.83 bits per heavy atom. The number of thiophene rings is 1. The molecule has 1 aliphatic rings. The summed E-state index contributed by atoms with van der Waals surface area (Å²) in [4.78, 5) is 12.8. The molecule has 102 valence electrons. The van der Waals surface area contributed by atoms with E-state index in [0.29, 0.717) is 6.54 Å². The van der Waals surface area contributed by atoms with E-state index in [2.05, 4.69) is 32.6 Å². The molecule has 6 heteroatoms. The van der Waals surface area contributed by atoms with Crippen LogP contribution in [0, 0.1) is 5.92 Å². The Bertz CT molecular complexity index is 382. The molecule has 0 unspecified atom stereocenters. The van der Waals surface area contributed by atoms with Gasteiger partial charge in [-0.25, -0.2) is 0 Å². The molecule has 0 spiro atoms. The van der Waals surface area contributed by atoms with Crippen LogP contribution in [-0.4, -0.2) is 25.5 Å². The molecule has 3 nitrogen and oxygen atoms in total. The van der Waals surface area contributed by atoms with Gasteiger partial charge in [-0.1, -0.05) is 0 Å². The zero-order chi connectivity index (χ0) is 12.1. The second kappa shape index (κ2) is 8.15. The number of hydrogen-bond acceptors (Lipinski definition) is 3. The first-order valence-electron chi connectivity index (χ1n) is 5.95. The SMILES string of the molecule is Cl.O=C(CNCC1CC1)NCCc1ccc(Br)s1. The largest absolute Gasteiger partial charge is 0.355 e. The van der Waals surface area contributed by atoms with E-state index < -0.39 is 0 Å². The van der Waals surface area contributed by atoms with Crippen molar-refractivity contribution in [1.29, 1.82) is 0 Å². The molecule has 18 heavy (non-hydrogen) atoms. The minimum Gasteiger partial charge on any atom is -0.355 e. The summed E-state index contributed by atoms with van der Waals surface area (Å²) in [6.07, 6.45) is 3.55. The lowest BCUT2D eigenvalue weighted by Crippen LogP contribution is -2.35. The van der Waals surface area contributed by atoms with Crippen molar-refractivity contribution in [1.82, 2.24) is 10.6 Å². The van der Waals surface area contributed by atoms with Crippen molar-refractivity contribution >= 4 is 45.6 Å². The molecular formula is C12H18BrClN2OS. The number of hydrogen-bond donors (Lipinski definition) is 2. The third-order valence-electron chi connectivity index (χ3n) is 2.74. The van der Waals surface area contributed by atoms with Gasteiger partial charge in [0.1, 0.15) is 0 Å². The highest BCUT2D eigenvalue weighted by Crippen LogP contribution is 2.27. The smallest absolute Gasteiger partial charge is 0.233 e. The topological polar surface area (TPSA) is 41.1 Å². The van der Waals surface area contributed by atoms with Gasteiger partial charge in [0.05, 0.1) is 10.3 Å². The molecule has 1 aromatic rings. The van der Waals surface area contributed by atoms with E-state index >= 15 is 0 Å². The van der Waals surface area contributed by atoms with Crippen molar-refractivity contribution in [3.8, 4) is 0 Å². The number of carbonyl (C=O) groups excluding carboxylic acids is 1. The predicted molar refractivity (Wildman–Crippen MR) is 81.6 cm³/mol. The zero-order valence-corrected chi connectivity index (χ0v) is 13.3. The summed E-state index contributed by atoms with van der Waals surface area (Å²) in [5.41, 5.74) is 0. The lowest BCUT2D eigenvalue weighted by molar-refractivity contribution is -0.120. The molecule has 2 N–H and O–H groups in total. The number of amides is 1. The maximum Gasteiger partial charge on any atom is 0.233 e. The molecular weight excluding hydrogens is 336 g/mol. The third kappa shape index (κ3) is 6.18. The van der Waals surface area contributed by atoms with E-state index in [1.165, 1.54) is 17.7 Å². The van der Waals surface area contributed by atoms with Crippen LogP contribution in [0.1, 0.15) is 17.7 Å². The van der Waals surface area contributed by atoms with Crippen LogP contribution < -0.4 is 10.6 Å². The standard InChI is InChI=1S/C12H17BrN2OS.ClH/c13-11-4-3-10(17-11)5-6-15-12(16)8-14-7-9-1-2-9;/h3-4,9,14H,1-2,5-8H2,(H,15,16);1H. The van der Waals surface area contributed by atoms with Crippen LogP contribution in [0.4, 0.5) is 0 Å². The van der Waals surface area contributed by atoms with E-state index in [-0.39, 0.29) is 18.3 Å². The first kappa shape index (κ1) is 16.0. The Labute approximate surface area is 126 Å². The van der Waals surface area contributed by atoms with Crippen molar-refractivity contribution < 1.29 is 4.79 Å². The van der Waals surface area contributed by atoms with Crippen molar-refractivity contribution in [2.24, 2.45) is 5.92 Å². The van der Waals surface area contributed by atoms with Crippen molar-refractivity contribution in [2.45, 2.75) is 19.3 Å². The second-order valence-electron chi connectivity index (χ2n) is 4.38. The summed E-state index contributed by atoms with van der Waals surface area (Å²) in [7, 11) is 0. The lowest BCUT2D eigenvalue weighted by atomic mass is 10.3. The predicted octanol–water partition coefficient (Wildman–Crippen LogP) is 2.59. The van der Waals surface area contributed by atoms with E-state index in [0.717, 1.165) is 29.2 Å². The second-order valence-corrected chi connectivity index (χ2v) is 6.93. The Hall–Kier alpha value is -0.100. The van der Waals surface area contributed by atoms with Crippen molar-refractivity contribution in [3.05, 3.63) is 20.8 Å². The fourth-order valence-corrected chi connectivity index (χ4v) is 3.07. The van der Waals surface area contributed by atoms with E-state index in [1.54, 1.807) is 11.3 Å². The molecule has 2 rings (SSSR count). The molecule has 0 saturated heterocycles. The first-order chi connectivity index (χ1) is 8.24. The van der Waals surface area contributed by atoms with Crippen LogP contribution in [0.25, 0.3) is 0 Å². The molecule has 0 bridgehead atoms. The molecule has 0 atom stereocenters.